The second kappa shape index (κ2) is 5.28. The van der Waals surface area contributed by atoms with E-state index in [1.165, 1.54) is 12.7 Å². The molecular formula is C13H20O3. The molecule has 0 heterocycles. The van der Waals surface area contributed by atoms with Gasteiger partial charge in [0.2, 0.25) is 0 Å². The number of rotatable bonds is 4. The SMILES string of the molecule is COC(=O)CC[C@@]1(C=O)CC=C(C)C[C@@H]1C. The summed E-state index contributed by atoms with van der Waals surface area (Å²) in [5.41, 5.74) is 0.969. The third-order valence-corrected chi connectivity index (χ3v) is 3.70. The smallest absolute Gasteiger partial charge is 0.305 e. The molecule has 1 aliphatic rings. The zero-order chi connectivity index (χ0) is 12.2. The third kappa shape index (κ3) is 2.71. The molecule has 0 radical (unpaired) electrons. The second-order valence-electron chi connectivity index (χ2n) is 4.79. The van der Waals surface area contributed by atoms with Gasteiger partial charge in [0.1, 0.15) is 6.29 Å². The molecule has 3 nitrogen and oxygen atoms in total. The largest absolute Gasteiger partial charge is 0.469 e. The first-order valence-electron chi connectivity index (χ1n) is 5.73. The number of methoxy groups -OCH3 is 1. The quantitative estimate of drug-likeness (QED) is 0.418. The van der Waals surface area contributed by atoms with Gasteiger partial charge in [0.15, 0.2) is 0 Å². The van der Waals surface area contributed by atoms with Crippen LogP contribution in [0.3, 0.4) is 0 Å². The number of esters is 1. The number of carbonyl (C=O) groups is 2. The third-order valence-electron chi connectivity index (χ3n) is 3.70. The first-order chi connectivity index (χ1) is 7.54. The first-order valence-corrected chi connectivity index (χ1v) is 5.73. The molecule has 1 rings (SSSR count). The highest BCUT2D eigenvalue weighted by atomic mass is 16.5. The normalized spacial score (nSPS) is 29.4. The van der Waals surface area contributed by atoms with E-state index in [1.54, 1.807) is 0 Å². The Bertz CT molecular complexity index is 306. The standard InChI is InChI=1S/C13H20O3/c1-10-4-6-13(9-14,11(2)8-10)7-5-12(15)16-3/h4,9,11H,5-8H2,1-3H3/t11-,13+/m0/s1. The van der Waals surface area contributed by atoms with Crippen molar-refractivity contribution in [3.63, 3.8) is 0 Å². The molecule has 1 aliphatic carbocycles. The van der Waals surface area contributed by atoms with Gasteiger partial charge in [0, 0.05) is 11.8 Å². The lowest BCUT2D eigenvalue weighted by molar-refractivity contribution is -0.141. The molecule has 0 bridgehead atoms. The molecule has 2 atom stereocenters. The van der Waals surface area contributed by atoms with Gasteiger partial charge in [0.05, 0.1) is 7.11 Å². The molecule has 3 heteroatoms. The Hall–Kier alpha value is -1.12. The van der Waals surface area contributed by atoms with Crippen LogP contribution in [0.1, 0.15) is 39.5 Å². The maximum absolute atomic E-state index is 11.3. The van der Waals surface area contributed by atoms with Gasteiger partial charge in [-0.25, -0.2) is 0 Å². The molecule has 0 spiro atoms. The van der Waals surface area contributed by atoms with Crippen molar-refractivity contribution in [2.75, 3.05) is 7.11 Å². The minimum Gasteiger partial charge on any atom is -0.469 e. The maximum atomic E-state index is 11.3. The number of hydrogen-bond donors (Lipinski definition) is 0. The summed E-state index contributed by atoms with van der Waals surface area (Å²) in [7, 11) is 1.38. The molecule has 0 N–H and O–H groups in total. The van der Waals surface area contributed by atoms with Gasteiger partial charge in [0.25, 0.3) is 0 Å². The lowest BCUT2D eigenvalue weighted by Gasteiger charge is -2.37. The molecule has 0 aliphatic heterocycles. The van der Waals surface area contributed by atoms with E-state index in [-0.39, 0.29) is 11.4 Å². The first kappa shape index (κ1) is 12.9. The molecule has 0 saturated heterocycles. The van der Waals surface area contributed by atoms with E-state index in [2.05, 4.69) is 24.7 Å². The fourth-order valence-corrected chi connectivity index (χ4v) is 2.34. The van der Waals surface area contributed by atoms with Crippen molar-refractivity contribution in [2.24, 2.45) is 11.3 Å². The van der Waals surface area contributed by atoms with E-state index in [9.17, 15) is 9.59 Å². The van der Waals surface area contributed by atoms with Crippen molar-refractivity contribution < 1.29 is 14.3 Å². The molecule has 0 amide bonds. The van der Waals surface area contributed by atoms with Crippen LogP contribution in [0, 0.1) is 11.3 Å². The molecule has 0 aromatic rings. The number of allylic oxidation sites excluding steroid dienone is 2. The van der Waals surface area contributed by atoms with Crippen LogP contribution in [0.25, 0.3) is 0 Å². The summed E-state index contributed by atoms with van der Waals surface area (Å²) in [5, 5.41) is 0. The van der Waals surface area contributed by atoms with Gasteiger partial charge >= 0.3 is 5.97 Å². The fraction of sp³-hybridized carbons (Fsp3) is 0.692. The summed E-state index contributed by atoms with van der Waals surface area (Å²) in [5.74, 6) is 0.0688. The van der Waals surface area contributed by atoms with E-state index in [4.69, 9.17) is 0 Å². The van der Waals surface area contributed by atoms with Gasteiger partial charge in [-0.2, -0.15) is 0 Å². The van der Waals surface area contributed by atoms with E-state index >= 15 is 0 Å². The van der Waals surface area contributed by atoms with Crippen LogP contribution in [-0.4, -0.2) is 19.4 Å². The van der Waals surface area contributed by atoms with E-state index in [1.807, 2.05) is 0 Å². The summed E-state index contributed by atoms with van der Waals surface area (Å²) in [6, 6.07) is 0. The summed E-state index contributed by atoms with van der Waals surface area (Å²) >= 11 is 0. The van der Waals surface area contributed by atoms with Gasteiger partial charge in [-0.1, -0.05) is 18.6 Å². The number of carbonyl (C=O) groups excluding carboxylic acids is 2. The molecule has 16 heavy (non-hydrogen) atoms. The molecule has 0 aromatic carbocycles. The molecule has 0 unspecified atom stereocenters. The van der Waals surface area contributed by atoms with E-state index in [0.717, 1.165) is 19.1 Å². The predicted molar refractivity (Wildman–Crippen MR) is 61.9 cm³/mol. The Balaban J connectivity index is 2.70. The Morgan fingerprint density at radius 1 is 1.69 bits per heavy atom. The average Bonchev–Trinajstić information content (AvgIpc) is 2.28. The van der Waals surface area contributed by atoms with Crippen molar-refractivity contribution in [2.45, 2.75) is 39.5 Å². The average molecular weight is 224 g/mol. The Morgan fingerprint density at radius 2 is 2.38 bits per heavy atom. The minimum atomic E-state index is -0.367. The topological polar surface area (TPSA) is 43.4 Å². The molecule has 0 fully saturated rings. The lowest BCUT2D eigenvalue weighted by Crippen LogP contribution is -2.33. The van der Waals surface area contributed by atoms with Crippen molar-refractivity contribution in [1.82, 2.24) is 0 Å². The van der Waals surface area contributed by atoms with Crippen LogP contribution in [0.15, 0.2) is 11.6 Å². The summed E-state index contributed by atoms with van der Waals surface area (Å²) < 4.78 is 4.62. The Kier molecular flexibility index (Phi) is 4.27. The number of hydrogen-bond acceptors (Lipinski definition) is 3. The van der Waals surface area contributed by atoms with Crippen LogP contribution in [-0.2, 0) is 14.3 Å². The molecule has 90 valence electrons. The zero-order valence-corrected chi connectivity index (χ0v) is 10.3. The highest BCUT2D eigenvalue weighted by Crippen LogP contribution is 2.42. The summed E-state index contributed by atoms with van der Waals surface area (Å²) in [6.45, 7) is 4.17. The molecule has 0 saturated carbocycles. The molecule has 0 aromatic heterocycles. The van der Waals surface area contributed by atoms with Gasteiger partial charge < -0.3 is 9.53 Å². The van der Waals surface area contributed by atoms with E-state index in [0.29, 0.717) is 18.8 Å². The predicted octanol–water partition coefficient (Wildman–Crippen LogP) is 2.50. The lowest BCUT2D eigenvalue weighted by atomic mass is 9.66. The fourth-order valence-electron chi connectivity index (χ4n) is 2.34. The highest BCUT2D eigenvalue weighted by Gasteiger charge is 2.37. The maximum Gasteiger partial charge on any atom is 0.305 e. The van der Waals surface area contributed by atoms with Crippen LogP contribution >= 0.6 is 0 Å². The van der Waals surface area contributed by atoms with Crippen molar-refractivity contribution >= 4 is 12.3 Å². The Labute approximate surface area is 96.9 Å². The van der Waals surface area contributed by atoms with Crippen LogP contribution in [0.2, 0.25) is 0 Å². The zero-order valence-electron chi connectivity index (χ0n) is 10.3. The van der Waals surface area contributed by atoms with Gasteiger partial charge in [-0.15, -0.1) is 0 Å². The minimum absolute atomic E-state index is 0.236. The van der Waals surface area contributed by atoms with Crippen molar-refractivity contribution in [3.05, 3.63) is 11.6 Å². The van der Waals surface area contributed by atoms with E-state index < -0.39 is 0 Å². The number of ether oxygens (including phenoxy) is 1. The number of aldehydes is 1. The Morgan fingerprint density at radius 3 is 2.88 bits per heavy atom. The van der Waals surface area contributed by atoms with Crippen LogP contribution in [0.5, 0.6) is 0 Å². The van der Waals surface area contributed by atoms with Gasteiger partial charge in [-0.3, -0.25) is 4.79 Å². The highest BCUT2D eigenvalue weighted by molar-refractivity contribution is 5.70. The second-order valence-corrected chi connectivity index (χ2v) is 4.79. The van der Waals surface area contributed by atoms with Gasteiger partial charge in [-0.05, 0) is 32.1 Å². The van der Waals surface area contributed by atoms with Crippen LogP contribution in [0.4, 0.5) is 0 Å². The monoisotopic (exact) mass is 224 g/mol. The van der Waals surface area contributed by atoms with Crippen molar-refractivity contribution in [1.29, 1.82) is 0 Å². The van der Waals surface area contributed by atoms with Crippen molar-refractivity contribution in [3.8, 4) is 0 Å². The molecular weight excluding hydrogens is 204 g/mol. The van der Waals surface area contributed by atoms with Crippen LogP contribution < -0.4 is 0 Å². The summed E-state index contributed by atoms with van der Waals surface area (Å²) in [6.07, 6.45) is 5.76. The summed E-state index contributed by atoms with van der Waals surface area (Å²) in [4.78, 5) is 22.4.